The Labute approximate surface area is 123 Å². The van der Waals surface area contributed by atoms with E-state index in [4.69, 9.17) is 0 Å². The van der Waals surface area contributed by atoms with Crippen LogP contribution < -0.4 is 4.72 Å². The van der Waals surface area contributed by atoms with E-state index in [-0.39, 0.29) is 15.9 Å². The molecular formula is C12H11BrFNO2S2. The van der Waals surface area contributed by atoms with Crippen LogP contribution in [0.2, 0.25) is 0 Å². The van der Waals surface area contributed by atoms with Gasteiger partial charge in [0.1, 0.15) is 5.82 Å². The van der Waals surface area contributed by atoms with Crippen molar-refractivity contribution in [2.24, 2.45) is 0 Å². The highest BCUT2D eigenvalue weighted by atomic mass is 79.9. The topological polar surface area (TPSA) is 46.2 Å². The minimum atomic E-state index is -3.70. The summed E-state index contributed by atoms with van der Waals surface area (Å²) in [5.41, 5.74) is 1.04. The van der Waals surface area contributed by atoms with Crippen molar-refractivity contribution in [3.05, 3.63) is 50.4 Å². The molecule has 19 heavy (non-hydrogen) atoms. The van der Waals surface area contributed by atoms with Gasteiger partial charge in [0.25, 0.3) is 0 Å². The zero-order valence-corrected chi connectivity index (χ0v) is 13.2. The van der Waals surface area contributed by atoms with Crippen molar-refractivity contribution in [2.45, 2.75) is 18.4 Å². The first-order valence-corrected chi connectivity index (χ1v) is 8.53. The number of benzene rings is 1. The monoisotopic (exact) mass is 363 g/mol. The van der Waals surface area contributed by atoms with Crippen LogP contribution in [0.25, 0.3) is 0 Å². The van der Waals surface area contributed by atoms with Crippen LogP contribution in [0, 0.1) is 12.7 Å². The quantitative estimate of drug-likeness (QED) is 0.904. The Morgan fingerprint density at radius 3 is 2.68 bits per heavy atom. The van der Waals surface area contributed by atoms with Crippen molar-refractivity contribution in [1.82, 2.24) is 4.72 Å². The van der Waals surface area contributed by atoms with E-state index in [1.807, 2.05) is 18.4 Å². The highest BCUT2D eigenvalue weighted by Crippen LogP contribution is 2.20. The highest BCUT2D eigenvalue weighted by Gasteiger charge is 2.16. The molecule has 0 bridgehead atoms. The molecule has 0 saturated carbocycles. The van der Waals surface area contributed by atoms with Gasteiger partial charge < -0.3 is 0 Å². The Balaban J connectivity index is 2.18. The third-order valence-corrected chi connectivity index (χ3v) is 5.66. The Morgan fingerprint density at radius 2 is 2.11 bits per heavy atom. The average Bonchev–Trinajstić information content (AvgIpc) is 2.76. The van der Waals surface area contributed by atoms with Crippen LogP contribution >= 0.6 is 27.3 Å². The second-order valence-electron chi connectivity index (χ2n) is 3.93. The molecule has 0 atom stereocenters. The Morgan fingerprint density at radius 1 is 1.37 bits per heavy atom. The van der Waals surface area contributed by atoms with E-state index in [1.165, 1.54) is 23.5 Å². The minimum Gasteiger partial charge on any atom is -0.207 e. The predicted molar refractivity (Wildman–Crippen MR) is 77.2 cm³/mol. The van der Waals surface area contributed by atoms with E-state index in [2.05, 4.69) is 20.7 Å². The molecule has 0 spiro atoms. The molecule has 0 aliphatic carbocycles. The molecule has 7 heteroatoms. The molecule has 2 aromatic rings. The van der Waals surface area contributed by atoms with Crippen molar-refractivity contribution < 1.29 is 12.8 Å². The second-order valence-corrected chi connectivity index (χ2v) is 7.55. The number of rotatable bonds is 4. The van der Waals surface area contributed by atoms with Crippen molar-refractivity contribution in [2.75, 3.05) is 0 Å². The van der Waals surface area contributed by atoms with Crippen LogP contribution in [0.4, 0.5) is 4.39 Å². The fraction of sp³-hybridized carbons (Fsp3) is 0.167. The van der Waals surface area contributed by atoms with Crippen LogP contribution in [-0.2, 0) is 16.6 Å². The average molecular weight is 364 g/mol. The molecule has 1 heterocycles. The van der Waals surface area contributed by atoms with E-state index in [0.717, 1.165) is 16.5 Å². The first kappa shape index (κ1) is 14.6. The molecular weight excluding hydrogens is 353 g/mol. The third kappa shape index (κ3) is 3.42. The van der Waals surface area contributed by atoms with E-state index in [0.29, 0.717) is 0 Å². The first-order valence-electron chi connectivity index (χ1n) is 5.38. The summed E-state index contributed by atoms with van der Waals surface area (Å²) in [7, 11) is -3.70. The van der Waals surface area contributed by atoms with Gasteiger partial charge in [0, 0.05) is 11.4 Å². The van der Waals surface area contributed by atoms with Crippen molar-refractivity contribution in [3.8, 4) is 0 Å². The smallest absolute Gasteiger partial charge is 0.207 e. The van der Waals surface area contributed by atoms with Gasteiger partial charge in [-0.3, -0.25) is 0 Å². The van der Waals surface area contributed by atoms with Crippen molar-refractivity contribution >= 4 is 37.3 Å². The number of aryl methyl sites for hydroxylation is 1. The van der Waals surface area contributed by atoms with Crippen molar-refractivity contribution in [3.63, 3.8) is 0 Å². The Kier molecular flexibility index (Phi) is 4.39. The van der Waals surface area contributed by atoms with Crippen LogP contribution in [0.5, 0.6) is 0 Å². The number of sulfonamides is 1. The molecule has 0 amide bonds. The fourth-order valence-electron chi connectivity index (χ4n) is 1.47. The summed E-state index contributed by atoms with van der Waals surface area (Å²) < 4.78 is 40.1. The predicted octanol–water partition coefficient (Wildman–Crippen LogP) is 3.44. The lowest BCUT2D eigenvalue weighted by atomic mass is 10.3. The van der Waals surface area contributed by atoms with E-state index >= 15 is 0 Å². The maximum absolute atomic E-state index is 13.4. The number of halogens is 2. The van der Waals surface area contributed by atoms with Gasteiger partial charge in [0.2, 0.25) is 10.0 Å². The normalized spacial score (nSPS) is 11.7. The molecule has 0 saturated heterocycles. The van der Waals surface area contributed by atoms with Crippen LogP contribution in [0.1, 0.15) is 10.4 Å². The highest BCUT2D eigenvalue weighted by molar-refractivity contribution is 9.10. The number of thiophene rings is 1. The van der Waals surface area contributed by atoms with Crippen LogP contribution in [-0.4, -0.2) is 8.42 Å². The van der Waals surface area contributed by atoms with Crippen LogP contribution in [0.15, 0.2) is 39.0 Å². The summed E-state index contributed by atoms with van der Waals surface area (Å²) in [6.07, 6.45) is 0. The second kappa shape index (κ2) is 5.70. The van der Waals surface area contributed by atoms with Gasteiger partial charge in [0.15, 0.2) is 0 Å². The summed E-state index contributed by atoms with van der Waals surface area (Å²) in [5.74, 6) is -0.602. The SMILES string of the molecule is Cc1ccsc1CNS(=O)(=O)c1ccc(Br)c(F)c1. The molecule has 0 fully saturated rings. The maximum Gasteiger partial charge on any atom is 0.241 e. The van der Waals surface area contributed by atoms with Gasteiger partial charge in [-0.25, -0.2) is 17.5 Å². The largest absolute Gasteiger partial charge is 0.241 e. The number of nitrogens with one attached hydrogen (secondary N) is 1. The lowest BCUT2D eigenvalue weighted by Crippen LogP contribution is -2.23. The number of hydrogen-bond acceptors (Lipinski definition) is 3. The van der Waals surface area contributed by atoms with Gasteiger partial charge in [-0.05, 0) is 58.1 Å². The standard InChI is InChI=1S/C12H11BrFNO2S2/c1-8-4-5-18-12(8)7-15-19(16,17)9-2-3-10(13)11(14)6-9/h2-6,15H,7H2,1H3. The van der Waals surface area contributed by atoms with Crippen molar-refractivity contribution in [1.29, 1.82) is 0 Å². The zero-order chi connectivity index (χ0) is 14.0. The molecule has 0 radical (unpaired) electrons. The maximum atomic E-state index is 13.4. The molecule has 1 aromatic carbocycles. The van der Waals surface area contributed by atoms with Gasteiger partial charge >= 0.3 is 0 Å². The summed E-state index contributed by atoms with van der Waals surface area (Å²) in [6.45, 7) is 2.13. The summed E-state index contributed by atoms with van der Waals surface area (Å²) in [6, 6.07) is 5.65. The summed E-state index contributed by atoms with van der Waals surface area (Å²) >= 11 is 4.47. The molecule has 102 valence electrons. The molecule has 3 nitrogen and oxygen atoms in total. The van der Waals surface area contributed by atoms with E-state index in [1.54, 1.807) is 0 Å². The first-order chi connectivity index (χ1) is 8.90. The van der Waals surface area contributed by atoms with Crippen LogP contribution in [0.3, 0.4) is 0 Å². The molecule has 1 aromatic heterocycles. The van der Waals surface area contributed by atoms with E-state index < -0.39 is 15.8 Å². The zero-order valence-electron chi connectivity index (χ0n) is 9.98. The molecule has 1 N–H and O–H groups in total. The lowest BCUT2D eigenvalue weighted by molar-refractivity contribution is 0.577. The minimum absolute atomic E-state index is 0.0811. The molecule has 0 unspecified atom stereocenters. The molecule has 0 aliphatic rings. The Bertz CT molecular complexity index is 698. The summed E-state index contributed by atoms with van der Waals surface area (Å²) in [5, 5.41) is 1.90. The van der Waals surface area contributed by atoms with Gasteiger partial charge in [0.05, 0.1) is 9.37 Å². The fourth-order valence-corrected chi connectivity index (χ4v) is 3.66. The van der Waals surface area contributed by atoms with Gasteiger partial charge in [-0.2, -0.15) is 0 Å². The van der Waals surface area contributed by atoms with E-state index in [9.17, 15) is 12.8 Å². The Hall–Kier alpha value is -0.760. The molecule has 0 aliphatic heterocycles. The van der Waals surface area contributed by atoms with Gasteiger partial charge in [-0.15, -0.1) is 11.3 Å². The van der Waals surface area contributed by atoms with Gasteiger partial charge in [-0.1, -0.05) is 0 Å². The number of hydrogen-bond donors (Lipinski definition) is 1. The summed E-state index contributed by atoms with van der Waals surface area (Å²) in [4.78, 5) is 0.864. The third-order valence-electron chi connectivity index (χ3n) is 2.59. The lowest BCUT2D eigenvalue weighted by Gasteiger charge is -2.07. The molecule has 2 rings (SSSR count).